The molecule has 2 unspecified atom stereocenters. The van der Waals surface area contributed by atoms with Crippen molar-refractivity contribution in [2.24, 2.45) is 0 Å². The van der Waals surface area contributed by atoms with Gasteiger partial charge in [0.25, 0.3) is 0 Å². The van der Waals surface area contributed by atoms with Crippen LogP contribution in [0.1, 0.15) is 239 Å². The smallest absolute Gasteiger partial charge is 0.330 e. The molecule has 0 aliphatic heterocycles. The van der Waals surface area contributed by atoms with Crippen molar-refractivity contribution >= 4 is 38.8 Å². The average Bonchev–Trinajstić information content (AvgIpc) is 3.27. The Morgan fingerprint density at radius 2 is 0.873 bits per heavy atom. The summed E-state index contributed by atoms with van der Waals surface area (Å²) in [7, 11) is -2.34. The van der Waals surface area contributed by atoms with E-state index in [9.17, 15) is 28.9 Å². The fourth-order valence-corrected chi connectivity index (χ4v) is 7.93. The molecule has 370 valence electrons. The standard InChI is InChI=1S/C49H94N3O10P/c1-3-5-7-9-11-13-15-17-19-21-23-25-27-29-31-36-48(56)59-42-45(62-49(57)37-32-30-28-26-24-22-20-18-16-14-12-10-8-6-4-2)43-61-63(58)60-41-40-52-47(55)35-33-34-46(54)51-39-38-50-44-53/h44-45,58H,3-43H2,1-2H3,(H,50,53)(H,51,54)(H,52,55). The Labute approximate surface area is 385 Å². The van der Waals surface area contributed by atoms with Crippen molar-refractivity contribution < 1.29 is 47.4 Å². The summed E-state index contributed by atoms with van der Waals surface area (Å²) in [6.07, 6.45) is 38.2. The number of carbonyl (C=O) groups excluding carboxylic acids is 5. The molecule has 0 radical (unpaired) electrons. The molecule has 0 spiro atoms. The molecule has 0 bridgehead atoms. The highest BCUT2D eigenvalue weighted by Crippen LogP contribution is 2.32. The molecule has 0 aliphatic rings. The lowest BCUT2D eigenvalue weighted by molar-refractivity contribution is -0.161. The molecule has 2 atom stereocenters. The second-order valence-electron chi connectivity index (χ2n) is 17.2. The first kappa shape index (κ1) is 60.7. The summed E-state index contributed by atoms with van der Waals surface area (Å²) >= 11 is 0. The highest BCUT2D eigenvalue weighted by atomic mass is 31.2. The number of unbranched alkanes of at least 4 members (excludes halogenated alkanes) is 28. The number of esters is 2. The van der Waals surface area contributed by atoms with Crippen molar-refractivity contribution in [3.63, 3.8) is 0 Å². The Morgan fingerprint density at radius 3 is 1.30 bits per heavy atom. The predicted octanol–water partition coefficient (Wildman–Crippen LogP) is 11.4. The van der Waals surface area contributed by atoms with Crippen molar-refractivity contribution in [3.05, 3.63) is 0 Å². The zero-order chi connectivity index (χ0) is 46.1. The first-order valence-corrected chi connectivity index (χ1v) is 26.8. The van der Waals surface area contributed by atoms with Crippen LogP contribution in [0.3, 0.4) is 0 Å². The molecule has 4 N–H and O–H groups in total. The molecule has 13 nitrogen and oxygen atoms in total. The van der Waals surface area contributed by atoms with E-state index in [0.717, 1.165) is 38.5 Å². The van der Waals surface area contributed by atoms with Crippen LogP contribution in [-0.4, -0.2) is 80.6 Å². The number of nitrogens with one attached hydrogen (secondary N) is 3. The Morgan fingerprint density at radius 1 is 0.476 bits per heavy atom. The molecule has 0 aliphatic carbocycles. The van der Waals surface area contributed by atoms with Gasteiger partial charge in [-0.2, -0.15) is 0 Å². The maximum Gasteiger partial charge on any atom is 0.330 e. The molecule has 3 amide bonds. The van der Waals surface area contributed by atoms with Crippen molar-refractivity contribution in [1.29, 1.82) is 0 Å². The van der Waals surface area contributed by atoms with Gasteiger partial charge in [-0.3, -0.25) is 24.0 Å². The van der Waals surface area contributed by atoms with E-state index in [1.165, 1.54) is 154 Å². The van der Waals surface area contributed by atoms with E-state index < -0.39 is 20.7 Å². The Balaban J connectivity index is 4.43. The molecule has 0 aromatic carbocycles. The summed E-state index contributed by atoms with van der Waals surface area (Å²) in [6.45, 7) is 4.90. The zero-order valence-corrected chi connectivity index (χ0v) is 41.1. The van der Waals surface area contributed by atoms with Crippen molar-refractivity contribution in [2.75, 3.05) is 39.5 Å². The van der Waals surface area contributed by atoms with Gasteiger partial charge in [-0.15, -0.1) is 0 Å². The third-order valence-electron chi connectivity index (χ3n) is 11.2. The lowest BCUT2D eigenvalue weighted by Crippen LogP contribution is -2.31. The first-order chi connectivity index (χ1) is 30.8. The Hall–Kier alpha value is -2.34. The number of carbonyl (C=O) groups is 5. The Kier molecular flexibility index (Phi) is 47.3. The number of rotatable bonds is 50. The second kappa shape index (κ2) is 49.1. The summed E-state index contributed by atoms with van der Waals surface area (Å²) in [5.74, 6) is -1.20. The number of ether oxygens (including phenoxy) is 2. The van der Waals surface area contributed by atoms with E-state index in [2.05, 4.69) is 29.8 Å². The lowest BCUT2D eigenvalue weighted by atomic mass is 10.0. The minimum atomic E-state index is -2.34. The molecule has 0 saturated carbocycles. The molecule has 0 heterocycles. The Bertz CT molecular complexity index is 1070. The van der Waals surface area contributed by atoms with Crippen LogP contribution >= 0.6 is 8.60 Å². The van der Waals surface area contributed by atoms with Crippen molar-refractivity contribution in [2.45, 2.75) is 245 Å². The second-order valence-corrected chi connectivity index (χ2v) is 18.2. The monoisotopic (exact) mass is 916 g/mol. The molecule has 0 aromatic rings. The van der Waals surface area contributed by atoms with Gasteiger partial charge in [-0.05, 0) is 19.3 Å². The minimum Gasteiger partial charge on any atom is -0.462 e. The molecular weight excluding hydrogens is 822 g/mol. The third-order valence-corrected chi connectivity index (χ3v) is 11.9. The van der Waals surface area contributed by atoms with E-state index in [-0.39, 0.29) is 63.4 Å². The van der Waals surface area contributed by atoms with Crippen molar-refractivity contribution in [1.82, 2.24) is 16.0 Å². The van der Waals surface area contributed by atoms with Gasteiger partial charge in [0.2, 0.25) is 18.2 Å². The molecule has 14 heteroatoms. The maximum absolute atomic E-state index is 12.8. The topological polar surface area (TPSA) is 179 Å². The van der Waals surface area contributed by atoms with Crippen LogP contribution in [0.25, 0.3) is 0 Å². The van der Waals surface area contributed by atoms with Gasteiger partial charge in [0.05, 0.1) is 13.2 Å². The highest BCUT2D eigenvalue weighted by Gasteiger charge is 2.20. The van der Waals surface area contributed by atoms with Gasteiger partial charge in [0.15, 0.2) is 6.10 Å². The van der Waals surface area contributed by atoms with E-state index in [1.807, 2.05) is 0 Å². The molecule has 0 aromatic heterocycles. The van der Waals surface area contributed by atoms with Gasteiger partial charge in [0, 0.05) is 45.3 Å². The predicted molar refractivity (Wildman–Crippen MR) is 255 cm³/mol. The largest absolute Gasteiger partial charge is 0.462 e. The van der Waals surface area contributed by atoms with Gasteiger partial charge < -0.3 is 39.4 Å². The van der Waals surface area contributed by atoms with Crippen LogP contribution in [-0.2, 0) is 42.5 Å². The van der Waals surface area contributed by atoms with Crippen LogP contribution in [0.15, 0.2) is 0 Å². The SMILES string of the molecule is CCCCCCCCCCCCCCCCCC(=O)OCC(COP(O)OCCNC(=O)CCCC(=O)NCCNC=O)OC(=O)CCCCCCCCCCCCCCCCC. The third kappa shape index (κ3) is 47.4. The zero-order valence-electron chi connectivity index (χ0n) is 40.2. The number of hydrogen-bond donors (Lipinski definition) is 4. The van der Waals surface area contributed by atoms with E-state index in [0.29, 0.717) is 32.3 Å². The van der Waals surface area contributed by atoms with Crippen LogP contribution in [0.4, 0.5) is 0 Å². The number of hydrogen-bond acceptors (Lipinski definition) is 10. The lowest BCUT2D eigenvalue weighted by Gasteiger charge is -2.19. The molecule has 0 rings (SSSR count). The average molecular weight is 916 g/mol. The molecular formula is C49H94N3O10P. The van der Waals surface area contributed by atoms with Crippen LogP contribution < -0.4 is 16.0 Å². The van der Waals surface area contributed by atoms with Crippen LogP contribution in [0.2, 0.25) is 0 Å². The summed E-state index contributed by atoms with van der Waals surface area (Å²) in [5.41, 5.74) is 0. The first-order valence-electron chi connectivity index (χ1n) is 25.6. The van der Waals surface area contributed by atoms with E-state index in [1.54, 1.807) is 0 Å². The maximum atomic E-state index is 12.8. The van der Waals surface area contributed by atoms with Gasteiger partial charge in [-0.1, -0.05) is 194 Å². The van der Waals surface area contributed by atoms with Gasteiger partial charge in [-0.25, -0.2) is 0 Å². The van der Waals surface area contributed by atoms with Crippen LogP contribution in [0, 0.1) is 0 Å². The minimum absolute atomic E-state index is 0.0178. The molecule has 0 saturated heterocycles. The fourth-order valence-electron chi connectivity index (χ4n) is 7.32. The molecule has 63 heavy (non-hydrogen) atoms. The summed E-state index contributed by atoms with van der Waals surface area (Å²) in [6, 6.07) is 0. The summed E-state index contributed by atoms with van der Waals surface area (Å²) in [5, 5.41) is 7.77. The van der Waals surface area contributed by atoms with Gasteiger partial charge >= 0.3 is 20.5 Å². The number of amides is 3. The van der Waals surface area contributed by atoms with Gasteiger partial charge in [0.1, 0.15) is 6.61 Å². The fraction of sp³-hybridized carbons (Fsp3) is 0.898. The highest BCUT2D eigenvalue weighted by molar-refractivity contribution is 7.40. The van der Waals surface area contributed by atoms with E-state index >= 15 is 0 Å². The summed E-state index contributed by atoms with van der Waals surface area (Å²) in [4.78, 5) is 69.8. The quantitative estimate of drug-likeness (QED) is 0.0199. The van der Waals surface area contributed by atoms with Crippen molar-refractivity contribution in [3.8, 4) is 0 Å². The molecule has 0 fully saturated rings. The summed E-state index contributed by atoms with van der Waals surface area (Å²) < 4.78 is 21.9. The normalized spacial score (nSPS) is 12.1. The van der Waals surface area contributed by atoms with Crippen LogP contribution in [0.5, 0.6) is 0 Å². The van der Waals surface area contributed by atoms with E-state index in [4.69, 9.17) is 18.5 Å².